The smallest absolute Gasteiger partial charge is 0.227 e. The summed E-state index contributed by atoms with van der Waals surface area (Å²) in [5.74, 6) is 0.610. The fourth-order valence-electron chi connectivity index (χ4n) is 7.14. The summed E-state index contributed by atoms with van der Waals surface area (Å²) >= 11 is 0. The van der Waals surface area contributed by atoms with E-state index in [-0.39, 0.29) is 0 Å². The average Bonchev–Trinajstić information content (AvgIpc) is 3.80. The standard InChI is InChI=1S/C47H30N2O2/c1-3-10-31(11-4-1)32-18-20-34(21-19-32)47-48-46-40(16-9-17-44(46)51-47)33-22-24-38(25-23-33)49(37-14-5-2-6-15-37)39-26-27-43-42(30-39)41-28-35-12-7-8-13-36(35)29-45(41)50-43/h1-30H. The zero-order chi connectivity index (χ0) is 33.7. The highest BCUT2D eigenvalue weighted by Crippen LogP contribution is 2.41. The molecule has 0 saturated heterocycles. The Bertz CT molecular complexity index is 2840. The van der Waals surface area contributed by atoms with Gasteiger partial charge < -0.3 is 13.7 Å². The molecule has 2 aromatic heterocycles. The number of fused-ring (bicyclic) bond motifs is 5. The van der Waals surface area contributed by atoms with Gasteiger partial charge in [0.1, 0.15) is 16.7 Å². The van der Waals surface area contributed by atoms with E-state index in [1.807, 2.05) is 24.3 Å². The Kier molecular flexibility index (Phi) is 6.78. The van der Waals surface area contributed by atoms with E-state index in [0.29, 0.717) is 5.89 Å². The fourth-order valence-corrected chi connectivity index (χ4v) is 7.14. The number of hydrogen-bond donors (Lipinski definition) is 0. The summed E-state index contributed by atoms with van der Waals surface area (Å²) in [7, 11) is 0. The second-order valence-electron chi connectivity index (χ2n) is 12.8. The van der Waals surface area contributed by atoms with E-state index in [4.69, 9.17) is 13.8 Å². The van der Waals surface area contributed by atoms with Crippen LogP contribution in [0.15, 0.2) is 191 Å². The number of para-hydroxylation sites is 2. The predicted molar refractivity (Wildman–Crippen MR) is 210 cm³/mol. The first-order valence-electron chi connectivity index (χ1n) is 17.1. The van der Waals surface area contributed by atoms with Gasteiger partial charge in [0.25, 0.3) is 0 Å². The van der Waals surface area contributed by atoms with Gasteiger partial charge in [0.15, 0.2) is 5.58 Å². The molecule has 0 amide bonds. The zero-order valence-electron chi connectivity index (χ0n) is 27.5. The Morgan fingerprint density at radius 1 is 0.373 bits per heavy atom. The second-order valence-corrected chi connectivity index (χ2v) is 12.8. The summed E-state index contributed by atoms with van der Waals surface area (Å²) in [4.78, 5) is 7.28. The molecule has 0 spiro atoms. The molecule has 51 heavy (non-hydrogen) atoms. The normalized spacial score (nSPS) is 11.5. The van der Waals surface area contributed by atoms with Crippen LogP contribution < -0.4 is 4.90 Å². The molecular formula is C47H30N2O2. The van der Waals surface area contributed by atoms with Gasteiger partial charge >= 0.3 is 0 Å². The molecule has 4 nitrogen and oxygen atoms in total. The molecule has 8 aromatic carbocycles. The number of nitrogens with zero attached hydrogens (tertiary/aromatic N) is 2. The molecule has 0 atom stereocenters. The SMILES string of the molecule is c1ccc(-c2ccc(-c3nc4c(-c5ccc(N(c6ccccc6)c6ccc7oc8cc9ccccc9cc8c7c6)cc5)cccc4o3)cc2)cc1. The third-order valence-electron chi connectivity index (χ3n) is 9.69. The van der Waals surface area contributed by atoms with Gasteiger partial charge in [-0.2, -0.15) is 0 Å². The number of benzene rings is 8. The van der Waals surface area contributed by atoms with Crippen molar-refractivity contribution in [2.24, 2.45) is 0 Å². The maximum Gasteiger partial charge on any atom is 0.227 e. The van der Waals surface area contributed by atoms with Crippen molar-refractivity contribution in [3.05, 3.63) is 182 Å². The first-order chi connectivity index (χ1) is 25.2. The average molecular weight is 655 g/mol. The van der Waals surface area contributed by atoms with Crippen LogP contribution in [-0.4, -0.2) is 4.98 Å². The second kappa shape index (κ2) is 11.9. The van der Waals surface area contributed by atoms with E-state index < -0.39 is 0 Å². The van der Waals surface area contributed by atoms with Crippen LogP contribution in [-0.2, 0) is 0 Å². The lowest BCUT2D eigenvalue weighted by Gasteiger charge is -2.25. The number of oxazole rings is 1. The maximum atomic E-state index is 6.33. The summed E-state index contributed by atoms with van der Waals surface area (Å²) < 4.78 is 12.6. The van der Waals surface area contributed by atoms with Crippen molar-refractivity contribution < 1.29 is 8.83 Å². The van der Waals surface area contributed by atoms with E-state index in [1.54, 1.807) is 0 Å². The van der Waals surface area contributed by atoms with Gasteiger partial charge in [0.2, 0.25) is 5.89 Å². The third kappa shape index (κ3) is 5.13. The van der Waals surface area contributed by atoms with Crippen molar-refractivity contribution in [2.45, 2.75) is 0 Å². The highest BCUT2D eigenvalue weighted by molar-refractivity contribution is 6.11. The Balaban J connectivity index is 1.02. The Labute approximate surface area is 294 Å². The quantitative estimate of drug-likeness (QED) is 0.179. The summed E-state index contributed by atoms with van der Waals surface area (Å²) in [6, 6.07) is 63.3. The largest absolute Gasteiger partial charge is 0.456 e. The first-order valence-corrected chi connectivity index (χ1v) is 17.1. The lowest BCUT2D eigenvalue weighted by molar-refractivity contribution is 0.620. The molecule has 10 rings (SSSR count). The zero-order valence-corrected chi connectivity index (χ0v) is 27.5. The van der Waals surface area contributed by atoms with Crippen LogP contribution in [0.5, 0.6) is 0 Å². The number of hydrogen-bond acceptors (Lipinski definition) is 4. The van der Waals surface area contributed by atoms with Crippen LogP contribution in [0.3, 0.4) is 0 Å². The topological polar surface area (TPSA) is 42.4 Å². The predicted octanol–water partition coefficient (Wildman–Crippen LogP) is 13.4. The lowest BCUT2D eigenvalue weighted by Crippen LogP contribution is -2.09. The highest BCUT2D eigenvalue weighted by Gasteiger charge is 2.18. The van der Waals surface area contributed by atoms with Gasteiger partial charge in [-0.1, -0.05) is 109 Å². The van der Waals surface area contributed by atoms with Gasteiger partial charge in [-0.15, -0.1) is 0 Å². The molecule has 10 aromatic rings. The molecule has 0 fully saturated rings. The monoisotopic (exact) mass is 654 g/mol. The van der Waals surface area contributed by atoms with Crippen molar-refractivity contribution in [1.29, 1.82) is 0 Å². The van der Waals surface area contributed by atoms with Crippen LogP contribution in [0.25, 0.3) is 77.5 Å². The highest BCUT2D eigenvalue weighted by atomic mass is 16.3. The van der Waals surface area contributed by atoms with Crippen molar-refractivity contribution in [3.8, 4) is 33.7 Å². The third-order valence-corrected chi connectivity index (χ3v) is 9.69. The summed E-state index contributed by atoms with van der Waals surface area (Å²) in [5, 5.41) is 4.57. The van der Waals surface area contributed by atoms with Crippen LogP contribution >= 0.6 is 0 Å². The van der Waals surface area contributed by atoms with E-state index >= 15 is 0 Å². The molecule has 0 aliphatic carbocycles. The van der Waals surface area contributed by atoms with Crippen molar-refractivity contribution >= 4 is 60.9 Å². The molecular weight excluding hydrogens is 625 g/mol. The van der Waals surface area contributed by atoms with Gasteiger partial charge in [-0.05, 0) is 100 Å². The summed E-state index contributed by atoms with van der Waals surface area (Å²) in [5.41, 5.74) is 11.9. The fraction of sp³-hybridized carbons (Fsp3) is 0. The van der Waals surface area contributed by atoms with E-state index in [9.17, 15) is 0 Å². The number of aromatic nitrogens is 1. The molecule has 0 aliphatic heterocycles. The van der Waals surface area contributed by atoms with Crippen LogP contribution in [0.4, 0.5) is 17.1 Å². The summed E-state index contributed by atoms with van der Waals surface area (Å²) in [6.45, 7) is 0. The van der Waals surface area contributed by atoms with Crippen molar-refractivity contribution in [2.75, 3.05) is 4.90 Å². The van der Waals surface area contributed by atoms with E-state index in [1.165, 1.54) is 16.3 Å². The Morgan fingerprint density at radius 3 is 1.76 bits per heavy atom. The number of furan rings is 1. The Morgan fingerprint density at radius 2 is 0.980 bits per heavy atom. The first kappa shape index (κ1) is 29.0. The van der Waals surface area contributed by atoms with Crippen molar-refractivity contribution in [1.82, 2.24) is 4.98 Å². The van der Waals surface area contributed by atoms with Crippen molar-refractivity contribution in [3.63, 3.8) is 0 Å². The number of anilines is 3. The molecule has 0 saturated carbocycles. The lowest BCUT2D eigenvalue weighted by atomic mass is 10.0. The molecule has 0 unspecified atom stereocenters. The van der Waals surface area contributed by atoms with Gasteiger partial charge in [-0.3, -0.25) is 0 Å². The molecule has 4 heteroatoms. The maximum absolute atomic E-state index is 6.33. The van der Waals surface area contributed by atoms with Crippen LogP contribution in [0, 0.1) is 0 Å². The van der Waals surface area contributed by atoms with Gasteiger partial charge in [0, 0.05) is 39.0 Å². The molecule has 0 N–H and O–H groups in total. The van der Waals surface area contributed by atoms with Crippen LogP contribution in [0.2, 0.25) is 0 Å². The minimum atomic E-state index is 0.610. The molecule has 240 valence electrons. The summed E-state index contributed by atoms with van der Waals surface area (Å²) in [6.07, 6.45) is 0. The molecule has 0 aliphatic rings. The minimum absolute atomic E-state index is 0.610. The van der Waals surface area contributed by atoms with Gasteiger partial charge in [0.05, 0.1) is 0 Å². The number of rotatable bonds is 6. The van der Waals surface area contributed by atoms with Gasteiger partial charge in [-0.25, -0.2) is 4.98 Å². The molecule has 0 bridgehead atoms. The Hall–Kier alpha value is -6.91. The molecule has 0 radical (unpaired) electrons. The van der Waals surface area contributed by atoms with Crippen LogP contribution in [0.1, 0.15) is 0 Å². The van der Waals surface area contributed by atoms with E-state index in [2.05, 4.69) is 163 Å². The molecule has 2 heterocycles. The van der Waals surface area contributed by atoms with E-state index in [0.717, 1.165) is 72.4 Å². The minimum Gasteiger partial charge on any atom is -0.456 e.